The fourth-order valence-electron chi connectivity index (χ4n) is 2.68. The molecule has 1 aliphatic heterocycles. The van der Waals surface area contributed by atoms with Crippen molar-refractivity contribution in [1.82, 2.24) is 10.6 Å². The maximum atomic E-state index is 12.4. The van der Waals surface area contributed by atoms with Crippen molar-refractivity contribution in [3.8, 4) is 0 Å². The van der Waals surface area contributed by atoms with Crippen LogP contribution >= 0.6 is 11.6 Å². The maximum Gasteiger partial charge on any atom is 0.249 e. The van der Waals surface area contributed by atoms with Gasteiger partial charge in [-0.15, -0.1) is 0 Å². The van der Waals surface area contributed by atoms with E-state index in [-0.39, 0.29) is 18.4 Å². The summed E-state index contributed by atoms with van der Waals surface area (Å²) < 4.78 is 0. The highest BCUT2D eigenvalue weighted by Crippen LogP contribution is 2.29. The molecule has 6 heteroatoms. The summed E-state index contributed by atoms with van der Waals surface area (Å²) in [6, 6.07) is 6.81. The lowest BCUT2D eigenvalue weighted by Gasteiger charge is -2.18. The largest absolute Gasteiger partial charge is 0.343 e. The van der Waals surface area contributed by atoms with E-state index in [1.807, 2.05) is 18.2 Å². The van der Waals surface area contributed by atoms with E-state index >= 15 is 0 Å². The second-order valence-electron chi connectivity index (χ2n) is 5.92. The minimum Gasteiger partial charge on any atom is -0.343 e. The summed E-state index contributed by atoms with van der Waals surface area (Å²) in [7, 11) is 0. The molecule has 1 aliphatic carbocycles. The number of hydrogen-bond donors (Lipinski definition) is 2. The Labute approximate surface area is 135 Å². The van der Waals surface area contributed by atoms with Crippen LogP contribution in [0, 0.1) is 5.92 Å². The quantitative estimate of drug-likeness (QED) is 0.836. The smallest absolute Gasteiger partial charge is 0.249 e. The Balaban J connectivity index is 1.52. The topological polar surface area (TPSA) is 61.4 Å². The first-order valence-corrected chi connectivity index (χ1v) is 8.09. The van der Waals surface area contributed by atoms with Crippen LogP contribution in [0.1, 0.15) is 19.3 Å². The molecule has 0 spiro atoms. The van der Waals surface area contributed by atoms with Crippen molar-refractivity contribution < 1.29 is 9.59 Å². The predicted octanol–water partition coefficient (Wildman–Crippen LogP) is 1.56. The maximum absolute atomic E-state index is 12.4. The van der Waals surface area contributed by atoms with E-state index in [4.69, 9.17) is 11.6 Å². The molecule has 2 amide bonds. The van der Waals surface area contributed by atoms with Gasteiger partial charge in [0.1, 0.15) is 6.04 Å². The zero-order chi connectivity index (χ0) is 15.5. The minimum atomic E-state index is -0.452. The van der Waals surface area contributed by atoms with Crippen LogP contribution in [0.3, 0.4) is 0 Å². The molecule has 22 heavy (non-hydrogen) atoms. The van der Waals surface area contributed by atoms with Gasteiger partial charge in [0.05, 0.1) is 17.3 Å². The highest BCUT2D eigenvalue weighted by atomic mass is 35.5. The van der Waals surface area contributed by atoms with Crippen LogP contribution in [-0.2, 0) is 9.59 Å². The van der Waals surface area contributed by atoms with Gasteiger partial charge < -0.3 is 15.5 Å². The lowest BCUT2D eigenvalue weighted by atomic mass is 10.2. The molecular weight excluding hydrogens is 302 g/mol. The van der Waals surface area contributed by atoms with E-state index < -0.39 is 6.04 Å². The molecule has 118 valence electrons. The second-order valence-corrected chi connectivity index (χ2v) is 6.33. The number of amides is 2. The van der Waals surface area contributed by atoms with Gasteiger partial charge in [-0.3, -0.25) is 9.59 Å². The zero-order valence-corrected chi connectivity index (χ0v) is 13.1. The molecule has 5 nitrogen and oxygen atoms in total. The van der Waals surface area contributed by atoms with E-state index in [1.54, 1.807) is 11.0 Å². The van der Waals surface area contributed by atoms with Crippen LogP contribution in [0.25, 0.3) is 0 Å². The van der Waals surface area contributed by atoms with Crippen molar-refractivity contribution >= 4 is 29.1 Å². The number of anilines is 1. The fourth-order valence-corrected chi connectivity index (χ4v) is 2.92. The normalized spacial score (nSPS) is 21.2. The first-order chi connectivity index (χ1) is 10.6. The Hall–Kier alpha value is -1.59. The first-order valence-electron chi connectivity index (χ1n) is 7.71. The molecule has 2 aliphatic rings. The third kappa shape index (κ3) is 3.59. The Kier molecular flexibility index (Phi) is 4.64. The Morgan fingerprint density at radius 2 is 2.05 bits per heavy atom. The lowest BCUT2D eigenvalue weighted by molar-refractivity contribution is -0.125. The average Bonchev–Trinajstić information content (AvgIpc) is 3.25. The Bertz CT molecular complexity index is 574. The van der Waals surface area contributed by atoms with Gasteiger partial charge in [-0.2, -0.15) is 0 Å². The van der Waals surface area contributed by atoms with Crippen LogP contribution in [0.15, 0.2) is 24.3 Å². The highest BCUT2D eigenvalue weighted by molar-refractivity contribution is 6.34. The number of carbonyl (C=O) groups is 2. The molecule has 1 saturated heterocycles. The first kappa shape index (κ1) is 15.3. The standard InChI is InChI=1S/C16H20ClN3O2/c17-12-3-1-2-4-14(12)20-8-7-13(16(20)22)19-15(21)10-18-9-11-5-6-11/h1-4,11,13,18H,5-10H2,(H,19,21). The molecule has 0 radical (unpaired) electrons. The molecule has 1 unspecified atom stereocenters. The van der Waals surface area contributed by atoms with Gasteiger partial charge in [0.25, 0.3) is 0 Å². The van der Waals surface area contributed by atoms with Gasteiger partial charge >= 0.3 is 0 Å². The van der Waals surface area contributed by atoms with Gasteiger partial charge in [0.2, 0.25) is 11.8 Å². The lowest BCUT2D eigenvalue weighted by Crippen LogP contribution is -2.45. The number of nitrogens with zero attached hydrogens (tertiary/aromatic N) is 1. The molecular formula is C16H20ClN3O2. The number of halogens is 1. The molecule has 2 N–H and O–H groups in total. The molecule has 1 aromatic carbocycles. The van der Waals surface area contributed by atoms with E-state index in [2.05, 4.69) is 10.6 Å². The fraction of sp³-hybridized carbons (Fsp3) is 0.500. The number of nitrogens with one attached hydrogen (secondary N) is 2. The van der Waals surface area contributed by atoms with Crippen molar-refractivity contribution in [3.05, 3.63) is 29.3 Å². The van der Waals surface area contributed by atoms with Crippen LogP contribution < -0.4 is 15.5 Å². The van der Waals surface area contributed by atoms with Crippen LogP contribution in [0.4, 0.5) is 5.69 Å². The Morgan fingerprint density at radius 1 is 1.27 bits per heavy atom. The molecule has 0 aromatic heterocycles. The zero-order valence-electron chi connectivity index (χ0n) is 12.3. The number of carbonyl (C=O) groups excluding carboxylic acids is 2. The van der Waals surface area contributed by atoms with Gasteiger partial charge in [-0.05, 0) is 43.9 Å². The van der Waals surface area contributed by atoms with E-state index in [1.165, 1.54) is 12.8 Å². The predicted molar refractivity (Wildman–Crippen MR) is 85.9 cm³/mol. The number of para-hydroxylation sites is 1. The third-order valence-corrected chi connectivity index (χ3v) is 4.42. The van der Waals surface area contributed by atoms with E-state index in [0.29, 0.717) is 23.7 Å². The molecule has 3 rings (SSSR count). The number of hydrogen-bond acceptors (Lipinski definition) is 3. The van der Waals surface area contributed by atoms with Gasteiger partial charge in [-0.1, -0.05) is 23.7 Å². The molecule has 1 saturated carbocycles. The average molecular weight is 322 g/mol. The molecule has 0 bridgehead atoms. The monoisotopic (exact) mass is 321 g/mol. The van der Waals surface area contributed by atoms with Crippen molar-refractivity contribution in [1.29, 1.82) is 0 Å². The molecule has 1 heterocycles. The summed E-state index contributed by atoms with van der Waals surface area (Å²) in [5, 5.41) is 6.49. The molecule has 2 fully saturated rings. The number of rotatable bonds is 6. The van der Waals surface area contributed by atoms with Gasteiger partial charge in [0, 0.05) is 6.54 Å². The van der Waals surface area contributed by atoms with Crippen LogP contribution in [0.2, 0.25) is 5.02 Å². The van der Waals surface area contributed by atoms with Crippen LogP contribution in [0.5, 0.6) is 0 Å². The summed E-state index contributed by atoms with van der Waals surface area (Å²) in [5.74, 6) is 0.514. The Morgan fingerprint density at radius 3 is 2.77 bits per heavy atom. The van der Waals surface area contributed by atoms with E-state index in [9.17, 15) is 9.59 Å². The van der Waals surface area contributed by atoms with Crippen molar-refractivity contribution in [2.45, 2.75) is 25.3 Å². The summed E-state index contributed by atoms with van der Waals surface area (Å²) in [4.78, 5) is 25.9. The second kappa shape index (κ2) is 6.67. The molecule has 1 atom stereocenters. The minimum absolute atomic E-state index is 0.0938. The molecule has 1 aromatic rings. The third-order valence-electron chi connectivity index (χ3n) is 4.10. The SMILES string of the molecule is O=C(CNCC1CC1)NC1CCN(c2ccccc2Cl)C1=O. The van der Waals surface area contributed by atoms with Crippen molar-refractivity contribution in [2.75, 3.05) is 24.5 Å². The van der Waals surface area contributed by atoms with E-state index in [0.717, 1.165) is 12.5 Å². The highest BCUT2D eigenvalue weighted by Gasteiger charge is 2.34. The van der Waals surface area contributed by atoms with Gasteiger partial charge in [-0.25, -0.2) is 0 Å². The van der Waals surface area contributed by atoms with Crippen LogP contribution in [-0.4, -0.2) is 37.5 Å². The number of benzene rings is 1. The van der Waals surface area contributed by atoms with Crippen molar-refractivity contribution in [3.63, 3.8) is 0 Å². The summed E-state index contributed by atoms with van der Waals surface area (Å²) >= 11 is 6.14. The summed E-state index contributed by atoms with van der Waals surface area (Å²) in [6.45, 7) is 1.73. The summed E-state index contributed by atoms with van der Waals surface area (Å²) in [6.07, 6.45) is 3.11. The summed E-state index contributed by atoms with van der Waals surface area (Å²) in [5.41, 5.74) is 0.706. The van der Waals surface area contributed by atoms with Gasteiger partial charge in [0.15, 0.2) is 0 Å². The van der Waals surface area contributed by atoms with Crippen molar-refractivity contribution in [2.24, 2.45) is 5.92 Å².